The number of nitriles is 4. The van der Waals surface area contributed by atoms with Crippen LogP contribution in [-0.2, 0) is 0 Å². The molecular formula is C91H45N9O4. The molecule has 21 aromatic rings. The zero-order valence-corrected chi connectivity index (χ0v) is 54.6. The molecule has 0 aliphatic heterocycles. The Morgan fingerprint density at radius 3 is 1.39 bits per heavy atom. The van der Waals surface area contributed by atoms with Crippen LogP contribution < -0.4 is 0 Å². The maximum Gasteiger partial charge on any atom is 0.234 e. The number of rotatable bonds is 8. The predicted molar refractivity (Wildman–Crippen MR) is 409 cm³/mol. The number of nitrogens with zero attached hydrogens (tertiary/aromatic N) is 9. The van der Waals surface area contributed by atoms with Crippen LogP contribution in [0.1, 0.15) is 22.8 Å². The molecule has 104 heavy (non-hydrogen) atoms. The highest BCUT2D eigenvalue weighted by Gasteiger charge is 2.26. The van der Waals surface area contributed by atoms with Crippen LogP contribution in [-0.4, -0.2) is 24.1 Å². The average molecular weight is 1330 g/mol. The van der Waals surface area contributed by atoms with Gasteiger partial charge in [0, 0.05) is 70.8 Å². The third-order valence-corrected chi connectivity index (χ3v) is 20.6. The Hall–Kier alpha value is -15.2. The van der Waals surface area contributed by atoms with Crippen LogP contribution in [0.25, 0.3) is 210 Å². The first-order valence-corrected chi connectivity index (χ1v) is 33.8. The number of hydrogen-bond acceptors (Lipinski definition) is 11. The van der Waals surface area contributed by atoms with Gasteiger partial charge in [0.05, 0.1) is 22.1 Å². The summed E-state index contributed by atoms with van der Waals surface area (Å²) in [5.74, 6) is -0.105. The predicted octanol–water partition coefficient (Wildman–Crippen LogP) is 23.2. The normalized spacial score (nSPS) is 11.8. The molecule has 0 saturated heterocycles. The molecule has 8 aromatic heterocycles. The monoisotopic (exact) mass is 1330 g/mol. The van der Waals surface area contributed by atoms with Crippen molar-refractivity contribution >= 4 is 132 Å². The van der Waals surface area contributed by atoms with Gasteiger partial charge in [0.1, 0.15) is 74.4 Å². The van der Waals surface area contributed by atoms with Gasteiger partial charge in [-0.25, -0.2) is 15.0 Å². The summed E-state index contributed by atoms with van der Waals surface area (Å²) in [7, 11) is 0. The molecule has 0 unspecified atom stereocenters. The number of hydrogen-bond donors (Lipinski definition) is 0. The smallest absolute Gasteiger partial charge is 0.234 e. The first kappa shape index (κ1) is 57.9. The van der Waals surface area contributed by atoms with Crippen molar-refractivity contribution in [2.75, 3.05) is 0 Å². The molecule has 0 bridgehead atoms. The highest BCUT2D eigenvalue weighted by Crippen LogP contribution is 2.48. The van der Waals surface area contributed by atoms with E-state index in [0.29, 0.717) is 55.3 Å². The van der Waals surface area contributed by atoms with Crippen molar-refractivity contribution in [1.82, 2.24) is 24.1 Å². The molecule has 21 rings (SSSR count). The number of furan rings is 4. The van der Waals surface area contributed by atoms with Crippen LogP contribution in [0, 0.1) is 45.3 Å². The minimum atomic E-state index is -0.105. The van der Waals surface area contributed by atoms with Gasteiger partial charge in [0.15, 0.2) is 22.6 Å². The SMILES string of the molecule is N#Cc1nc(C#N)c2oc3ccc(-c4cccc5oc6ccc(-c7ccc8c(c7)c7ccc(-c9cc(-c%10ccc%11oc%12c(C#N)c(-c%13ccccc%13)c(C#N)nc%12c%11c%10)c%10c(c9)oc9ccc(-c%11ccc%12c(c%11)c%11ccccc%11n%12-c%11ccccc%11)cc9%10)cc7n8-c7ccccc7)cc6c45)cc3c2n1. The molecule has 478 valence electrons. The summed E-state index contributed by atoms with van der Waals surface area (Å²) in [6.45, 7) is 0. The zero-order valence-electron chi connectivity index (χ0n) is 54.6. The lowest BCUT2D eigenvalue weighted by molar-refractivity contribution is 0.663. The third kappa shape index (κ3) is 8.60. The summed E-state index contributed by atoms with van der Waals surface area (Å²) in [4.78, 5) is 13.5. The largest absolute Gasteiger partial charge is 0.456 e. The highest BCUT2D eigenvalue weighted by molar-refractivity contribution is 6.19. The van der Waals surface area contributed by atoms with Gasteiger partial charge in [-0.3, -0.25) is 0 Å². The Morgan fingerprint density at radius 2 is 0.760 bits per heavy atom. The maximum atomic E-state index is 10.9. The lowest BCUT2D eigenvalue weighted by Crippen LogP contribution is -1.95. The Labute approximate surface area is 589 Å². The van der Waals surface area contributed by atoms with E-state index >= 15 is 0 Å². The van der Waals surface area contributed by atoms with Crippen molar-refractivity contribution in [2.45, 2.75) is 0 Å². The molecule has 0 aliphatic carbocycles. The van der Waals surface area contributed by atoms with Crippen LogP contribution in [0.3, 0.4) is 0 Å². The second-order valence-corrected chi connectivity index (χ2v) is 26.2. The first-order chi connectivity index (χ1) is 51.3. The first-order valence-electron chi connectivity index (χ1n) is 33.8. The summed E-state index contributed by atoms with van der Waals surface area (Å²) in [6.07, 6.45) is 0. The van der Waals surface area contributed by atoms with E-state index in [9.17, 15) is 21.0 Å². The lowest BCUT2D eigenvalue weighted by Gasteiger charge is -2.11. The quantitative estimate of drug-likeness (QED) is 0.140. The maximum absolute atomic E-state index is 10.9. The van der Waals surface area contributed by atoms with E-state index in [2.05, 4.69) is 225 Å². The number of aromatic nitrogens is 5. The second-order valence-electron chi connectivity index (χ2n) is 26.2. The summed E-state index contributed by atoms with van der Waals surface area (Å²) in [5.41, 5.74) is 22.9. The molecule has 0 radical (unpaired) electrons. The van der Waals surface area contributed by atoms with Crippen LogP contribution in [0.15, 0.2) is 291 Å². The van der Waals surface area contributed by atoms with Crippen LogP contribution in [0.5, 0.6) is 0 Å². The third-order valence-electron chi connectivity index (χ3n) is 20.6. The molecule has 8 heterocycles. The van der Waals surface area contributed by atoms with Gasteiger partial charge in [0.2, 0.25) is 5.82 Å². The van der Waals surface area contributed by atoms with Gasteiger partial charge in [-0.15, -0.1) is 0 Å². The van der Waals surface area contributed by atoms with Crippen molar-refractivity contribution in [1.29, 1.82) is 21.0 Å². The highest BCUT2D eigenvalue weighted by atomic mass is 16.3. The Bertz CT molecular complexity index is 7530. The number of para-hydroxylation sites is 3. The van der Waals surface area contributed by atoms with Crippen molar-refractivity contribution in [2.24, 2.45) is 0 Å². The molecule has 13 aromatic carbocycles. The van der Waals surface area contributed by atoms with Gasteiger partial charge in [-0.1, -0.05) is 146 Å². The van der Waals surface area contributed by atoms with E-state index in [4.69, 9.17) is 22.7 Å². The molecule has 0 amide bonds. The molecule has 0 N–H and O–H groups in total. The molecule has 0 saturated carbocycles. The van der Waals surface area contributed by atoms with Crippen molar-refractivity contribution < 1.29 is 17.7 Å². The average Bonchev–Trinajstić information content (AvgIpc) is 1.54. The minimum Gasteiger partial charge on any atom is -0.456 e. The van der Waals surface area contributed by atoms with Gasteiger partial charge < -0.3 is 26.8 Å². The minimum absolute atomic E-state index is 0.00794. The van der Waals surface area contributed by atoms with E-state index in [1.807, 2.05) is 91.0 Å². The summed E-state index contributed by atoms with van der Waals surface area (Å²) in [6, 6.07) is 103. The Balaban J connectivity index is 0.730. The lowest BCUT2D eigenvalue weighted by atomic mass is 9.92. The van der Waals surface area contributed by atoms with E-state index in [0.717, 1.165) is 144 Å². The van der Waals surface area contributed by atoms with Gasteiger partial charge in [0.25, 0.3) is 0 Å². The molecule has 0 atom stereocenters. The fraction of sp³-hybridized carbons (Fsp3) is 0. The van der Waals surface area contributed by atoms with Crippen molar-refractivity contribution in [3.63, 3.8) is 0 Å². The summed E-state index contributed by atoms with van der Waals surface area (Å²) in [5, 5.41) is 50.8. The van der Waals surface area contributed by atoms with E-state index in [-0.39, 0.29) is 28.4 Å². The van der Waals surface area contributed by atoms with E-state index in [1.54, 1.807) is 0 Å². The number of fused-ring (bicyclic) bond motifs is 18. The molecular weight excluding hydrogens is 1280 g/mol. The van der Waals surface area contributed by atoms with E-state index in [1.165, 1.54) is 5.39 Å². The fourth-order valence-corrected chi connectivity index (χ4v) is 15.9. The molecule has 0 spiro atoms. The standard InChI is InChI=1S/C91H45N9O4/c92-46-71-85(50-13-4-1-5-14-50)72(47-93)97-88-69-42-57(29-36-80(69)103-90(71)88)64-43-58(45-83-87(64)68-40-54(27-34-79(68)102-83)51-24-31-75-65(37-51)62-19-10-11-21-74(62)99(75)59-15-6-2-7-16-59)55-23-30-63-66-38-52(25-32-76(66)100(77(63)44-55)60-17-8-3-9-18-60)53-26-33-78-67(39-53)86-61(20-12-22-82(86)101-78)56-28-35-81-70(41-56)89-91(104-81)73(48-94)96-84(49-95)98-89/h1-45H. The number of benzene rings is 13. The molecule has 13 nitrogen and oxygen atoms in total. The Morgan fingerprint density at radius 1 is 0.269 bits per heavy atom. The van der Waals surface area contributed by atoms with Gasteiger partial charge >= 0.3 is 0 Å². The van der Waals surface area contributed by atoms with Gasteiger partial charge in [-0.05, 0) is 189 Å². The number of pyridine rings is 1. The Kier molecular flexibility index (Phi) is 12.3. The summed E-state index contributed by atoms with van der Waals surface area (Å²) >= 11 is 0. The fourth-order valence-electron chi connectivity index (χ4n) is 15.9. The summed E-state index contributed by atoms with van der Waals surface area (Å²) < 4.78 is 31.0. The molecule has 0 fully saturated rings. The van der Waals surface area contributed by atoms with Crippen LogP contribution in [0.4, 0.5) is 0 Å². The van der Waals surface area contributed by atoms with Crippen LogP contribution >= 0.6 is 0 Å². The second kappa shape index (κ2) is 22.2. The van der Waals surface area contributed by atoms with Crippen molar-refractivity contribution in [3.8, 4) is 102 Å². The zero-order chi connectivity index (χ0) is 69.0. The van der Waals surface area contributed by atoms with Crippen molar-refractivity contribution in [3.05, 3.63) is 296 Å². The molecule has 13 heteroatoms. The molecule has 0 aliphatic rings. The van der Waals surface area contributed by atoms with Crippen LogP contribution in [0.2, 0.25) is 0 Å². The van der Waals surface area contributed by atoms with Gasteiger partial charge in [-0.2, -0.15) is 21.0 Å². The topological polar surface area (TPSA) is 196 Å². The van der Waals surface area contributed by atoms with E-state index < -0.39 is 0 Å².